The topological polar surface area (TPSA) is 37.8 Å². The number of nitrogens with one attached hydrogen (secondary N) is 1. The minimum Gasteiger partial charge on any atom is -0.370 e. The summed E-state index contributed by atoms with van der Waals surface area (Å²) in [5.74, 6) is 1.80. The van der Waals surface area contributed by atoms with Gasteiger partial charge in [-0.2, -0.15) is 0 Å². The summed E-state index contributed by atoms with van der Waals surface area (Å²) in [5, 5.41) is 4.91. The molecule has 1 aromatic heterocycles. The van der Waals surface area contributed by atoms with E-state index in [2.05, 4.69) is 43.0 Å². The van der Waals surface area contributed by atoms with Crippen LogP contribution in [-0.2, 0) is 0 Å². The Morgan fingerprint density at radius 1 is 1.27 bits per heavy atom. The molecule has 0 aromatic carbocycles. The van der Waals surface area contributed by atoms with Crippen molar-refractivity contribution in [1.29, 1.82) is 0 Å². The van der Waals surface area contributed by atoms with Crippen molar-refractivity contribution in [1.82, 2.24) is 9.97 Å². The quantitative estimate of drug-likeness (QED) is 0.631. The largest absolute Gasteiger partial charge is 0.370 e. The van der Waals surface area contributed by atoms with Gasteiger partial charge in [0.15, 0.2) is 0 Å². The maximum atomic E-state index is 4.47. The number of aryl methyl sites for hydroxylation is 1. The van der Waals surface area contributed by atoms with Gasteiger partial charge in [-0.05, 0) is 20.8 Å². The molecule has 0 aliphatic heterocycles. The van der Waals surface area contributed by atoms with Crippen LogP contribution in [0.3, 0.4) is 0 Å². The predicted octanol–water partition coefficient (Wildman–Crippen LogP) is 3.03. The molecule has 0 saturated carbocycles. The van der Waals surface area contributed by atoms with Gasteiger partial charge >= 0.3 is 0 Å². The van der Waals surface area contributed by atoms with E-state index in [1.165, 1.54) is 0 Å². The van der Waals surface area contributed by atoms with E-state index < -0.39 is 0 Å². The molecule has 0 aliphatic rings. The van der Waals surface area contributed by atoms with Crippen molar-refractivity contribution in [2.45, 2.75) is 44.9 Å². The molecular weight excluding hydrogens is 206 g/mol. The van der Waals surface area contributed by atoms with Gasteiger partial charge in [0.2, 0.25) is 0 Å². The molecule has 0 unspecified atom stereocenters. The second-order valence-corrected chi connectivity index (χ2v) is 5.31. The third-order valence-electron chi connectivity index (χ3n) is 1.90. The average Bonchev–Trinajstić information content (AvgIpc) is 2.12. The average molecular weight is 225 g/mol. The van der Waals surface area contributed by atoms with Gasteiger partial charge in [0.1, 0.15) is 16.7 Å². The molecule has 15 heavy (non-hydrogen) atoms. The zero-order chi connectivity index (χ0) is 11.4. The van der Waals surface area contributed by atoms with Crippen LogP contribution in [0.1, 0.15) is 32.2 Å². The minimum absolute atomic E-state index is 0.549. The Bertz CT molecular complexity index is 337. The predicted molar refractivity (Wildman–Crippen MR) is 66.7 cm³/mol. The van der Waals surface area contributed by atoms with Crippen molar-refractivity contribution in [2.75, 3.05) is 11.9 Å². The fourth-order valence-corrected chi connectivity index (χ4v) is 2.19. The van der Waals surface area contributed by atoms with Crippen molar-refractivity contribution in [3.05, 3.63) is 11.4 Å². The molecule has 1 rings (SSSR count). The molecule has 4 heteroatoms. The number of thioether (sulfide) groups is 1. The van der Waals surface area contributed by atoms with Crippen molar-refractivity contribution < 1.29 is 0 Å². The van der Waals surface area contributed by atoms with Gasteiger partial charge in [-0.15, -0.1) is 11.8 Å². The number of anilines is 1. The van der Waals surface area contributed by atoms with Crippen LogP contribution < -0.4 is 5.32 Å². The molecule has 0 saturated heterocycles. The first-order valence-electron chi connectivity index (χ1n) is 5.30. The van der Waals surface area contributed by atoms with Crippen LogP contribution in [0.25, 0.3) is 0 Å². The van der Waals surface area contributed by atoms with Gasteiger partial charge in [-0.3, -0.25) is 0 Å². The Hall–Kier alpha value is -0.770. The van der Waals surface area contributed by atoms with Crippen LogP contribution in [0.2, 0.25) is 0 Å². The number of nitrogens with zero attached hydrogens (tertiary/aromatic N) is 2. The molecule has 0 bridgehead atoms. The van der Waals surface area contributed by atoms with Crippen LogP contribution in [0, 0.1) is 13.8 Å². The monoisotopic (exact) mass is 225 g/mol. The van der Waals surface area contributed by atoms with Crippen LogP contribution >= 0.6 is 11.8 Å². The highest BCUT2D eigenvalue weighted by Crippen LogP contribution is 2.27. The maximum Gasteiger partial charge on any atom is 0.133 e. The second-order valence-electron chi connectivity index (χ2n) is 3.75. The summed E-state index contributed by atoms with van der Waals surface area (Å²) in [6, 6.07) is 0. The van der Waals surface area contributed by atoms with Gasteiger partial charge < -0.3 is 5.32 Å². The van der Waals surface area contributed by atoms with Crippen LogP contribution in [-0.4, -0.2) is 21.8 Å². The van der Waals surface area contributed by atoms with Gasteiger partial charge in [-0.25, -0.2) is 9.97 Å². The Balaban J connectivity index is 3.04. The lowest BCUT2D eigenvalue weighted by Gasteiger charge is -2.12. The molecule has 0 fully saturated rings. The number of aromatic nitrogens is 2. The summed E-state index contributed by atoms with van der Waals surface area (Å²) >= 11 is 1.79. The smallest absolute Gasteiger partial charge is 0.133 e. The second kappa shape index (κ2) is 5.35. The van der Waals surface area contributed by atoms with E-state index in [0.29, 0.717) is 5.25 Å². The van der Waals surface area contributed by atoms with Crippen molar-refractivity contribution in [3.8, 4) is 0 Å². The van der Waals surface area contributed by atoms with E-state index in [1.807, 2.05) is 6.92 Å². The molecule has 0 radical (unpaired) electrons. The van der Waals surface area contributed by atoms with Gasteiger partial charge in [0.05, 0.1) is 0 Å². The first-order valence-corrected chi connectivity index (χ1v) is 6.18. The summed E-state index contributed by atoms with van der Waals surface area (Å²) in [4.78, 5) is 8.86. The summed E-state index contributed by atoms with van der Waals surface area (Å²) in [5.41, 5.74) is 1.15. The molecule has 1 N–H and O–H groups in total. The lowest BCUT2D eigenvalue weighted by atomic mass is 10.3. The van der Waals surface area contributed by atoms with Crippen LogP contribution in [0.15, 0.2) is 5.03 Å². The first-order chi connectivity index (χ1) is 7.04. The van der Waals surface area contributed by atoms with E-state index in [-0.39, 0.29) is 0 Å². The van der Waals surface area contributed by atoms with E-state index in [1.54, 1.807) is 11.8 Å². The zero-order valence-electron chi connectivity index (χ0n) is 10.1. The van der Waals surface area contributed by atoms with Gasteiger partial charge in [0.25, 0.3) is 0 Å². The highest BCUT2D eigenvalue weighted by Gasteiger charge is 2.10. The number of rotatable bonds is 4. The first kappa shape index (κ1) is 12.3. The Kier molecular flexibility index (Phi) is 4.39. The summed E-state index contributed by atoms with van der Waals surface area (Å²) in [6.45, 7) is 11.3. The Morgan fingerprint density at radius 2 is 1.93 bits per heavy atom. The molecule has 1 heterocycles. The van der Waals surface area contributed by atoms with Crippen molar-refractivity contribution in [3.63, 3.8) is 0 Å². The number of hydrogen-bond donors (Lipinski definition) is 1. The number of hydrogen-bond acceptors (Lipinski definition) is 4. The molecule has 0 atom stereocenters. The Morgan fingerprint density at radius 3 is 2.47 bits per heavy atom. The molecule has 1 aromatic rings. The van der Waals surface area contributed by atoms with Crippen molar-refractivity contribution in [2.24, 2.45) is 0 Å². The summed E-state index contributed by atoms with van der Waals surface area (Å²) in [6.07, 6.45) is 0. The SMILES string of the molecule is CCNc1nc(C)nc(SC(C)C)c1C. The van der Waals surface area contributed by atoms with Crippen molar-refractivity contribution >= 4 is 17.6 Å². The summed E-state index contributed by atoms with van der Waals surface area (Å²) < 4.78 is 0. The molecule has 0 aliphatic carbocycles. The lowest BCUT2D eigenvalue weighted by molar-refractivity contribution is 0.927. The van der Waals surface area contributed by atoms with Gasteiger partial charge in [-0.1, -0.05) is 13.8 Å². The normalized spacial score (nSPS) is 10.8. The molecule has 0 spiro atoms. The Labute approximate surface area is 96.1 Å². The van der Waals surface area contributed by atoms with E-state index in [0.717, 1.165) is 28.8 Å². The van der Waals surface area contributed by atoms with Crippen LogP contribution in [0.4, 0.5) is 5.82 Å². The fourth-order valence-electron chi connectivity index (χ4n) is 1.28. The third kappa shape index (κ3) is 3.38. The summed E-state index contributed by atoms with van der Waals surface area (Å²) in [7, 11) is 0. The lowest BCUT2D eigenvalue weighted by Crippen LogP contribution is -2.06. The highest BCUT2D eigenvalue weighted by atomic mass is 32.2. The third-order valence-corrected chi connectivity index (χ3v) is 3.00. The van der Waals surface area contributed by atoms with Crippen LogP contribution in [0.5, 0.6) is 0 Å². The van der Waals surface area contributed by atoms with E-state index in [9.17, 15) is 0 Å². The molecule has 0 amide bonds. The van der Waals surface area contributed by atoms with Gasteiger partial charge in [0, 0.05) is 17.4 Å². The molecule has 3 nitrogen and oxygen atoms in total. The fraction of sp³-hybridized carbons (Fsp3) is 0.636. The maximum absolute atomic E-state index is 4.47. The molecule has 84 valence electrons. The molecular formula is C11H19N3S. The van der Waals surface area contributed by atoms with E-state index >= 15 is 0 Å². The minimum atomic E-state index is 0.549. The zero-order valence-corrected chi connectivity index (χ0v) is 10.9. The van der Waals surface area contributed by atoms with E-state index in [4.69, 9.17) is 0 Å². The standard InChI is InChI=1S/C11H19N3S/c1-6-12-10-8(4)11(15-7(2)3)14-9(5)13-10/h7H,6H2,1-5H3,(H,12,13,14). The highest BCUT2D eigenvalue weighted by molar-refractivity contribution is 7.99.